The van der Waals surface area contributed by atoms with E-state index in [-0.39, 0.29) is 6.42 Å². The van der Waals surface area contributed by atoms with E-state index in [9.17, 15) is 60.3 Å². The first-order valence-corrected chi connectivity index (χ1v) is 11.6. The van der Waals surface area contributed by atoms with E-state index in [0.717, 1.165) is 14.2 Å². The Morgan fingerprint density at radius 3 is 1.16 bits per heavy atom. The van der Waals surface area contributed by atoms with E-state index >= 15 is 0 Å². The molecule has 0 heterocycles. The van der Waals surface area contributed by atoms with Gasteiger partial charge in [-0.1, -0.05) is 6.92 Å². The number of hydrogen-bond acceptors (Lipinski definition) is 12. The molecule has 0 saturated carbocycles. The number of carboxylic acid groups (broad SMARTS) is 3. The smallest absolute Gasteiger partial charge is 0.309 e. The lowest BCUT2D eigenvalue weighted by Crippen LogP contribution is -2.49. The van der Waals surface area contributed by atoms with Crippen molar-refractivity contribution < 1.29 is 74.6 Å². The van der Waals surface area contributed by atoms with Gasteiger partial charge in [0, 0.05) is 39.1 Å². The Morgan fingerprint density at radius 2 is 0.921 bits per heavy atom. The average Bonchev–Trinajstić information content (AvgIpc) is 2.82. The van der Waals surface area contributed by atoms with E-state index in [0.29, 0.717) is 0 Å². The molecule has 9 atom stereocenters. The summed E-state index contributed by atoms with van der Waals surface area (Å²) >= 11 is 0. The molecule has 222 valence electrons. The normalized spacial score (nSPS) is 19.4. The van der Waals surface area contributed by atoms with Gasteiger partial charge in [0.15, 0.2) is 18.9 Å². The van der Waals surface area contributed by atoms with Crippen LogP contribution in [0.15, 0.2) is 0 Å². The number of carboxylic acids is 3. The number of ether oxygens (including phenoxy) is 3. The highest BCUT2D eigenvalue weighted by atomic mass is 16.5. The summed E-state index contributed by atoms with van der Waals surface area (Å²) in [4.78, 5) is 36.1. The average molecular weight is 557 g/mol. The zero-order chi connectivity index (χ0) is 29.9. The Bertz CT molecular complexity index is 724. The van der Waals surface area contributed by atoms with Crippen LogP contribution in [0.2, 0.25) is 0 Å². The molecule has 0 aliphatic carbocycles. The molecule has 9 unspecified atom stereocenters. The maximum atomic E-state index is 12.3. The van der Waals surface area contributed by atoms with Crippen LogP contribution in [-0.4, -0.2) is 122 Å². The monoisotopic (exact) mass is 556 g/mol. The zero-order valence-electron chi connectivity index (χ0n) is 21.4. The number of methoxy groups -OCH3 is 3. The Morgan fingerprint density at radius 1 is 0.605 bits per heavy atom. The summed E-state index contributed by atoms with van der Waals surface area (Å²) in [5.41, 5.74) is 0. The third kappa shape index (κ3) is 9.66. The molecule has 15 heteroatoms. The van der Waals surface area contributed by atoms with Crippen LogP contribution in [-0.2, 0) is 28.6 Å². The van der Waals surface area contributed by atoms with E-state index in [4.69, 9.17) is 14.2 Å². The van der Waals surface area contributed by atoms with Crippen molar-refractivity contribution in [2.24, 2.45) is 35.5 Å². The standard InChI is InChI=1S/C23H40O15/c1-6-12(36-3)16(22(32)33)10(19(26)27)8-14(38-5)17(23(34)35)11(20(28)29)7-13(37-4)15(21(30)31)9(2)18(24)25/h9-20,24-29H,1-2,6-8H2,3-5H3,(H,30,31)(H,32,33)(H,34,35). The summed E-state index contributed by atoms with van der Waals surface area (Å²) in [7, 11) is 3.26. The summed E-state index contributed by atoms with van der Waals surface area (Å²) < 4.78 is 15.5. The minimum Gasteiger partial charge on any atom is -0.481 e. The quantitative estimate of drug-likeness (QED) is 0.0717. The molecule has 38 heavy (non-hydrogen) atoms. The number of aliphatic carboxylic acids is 3. The second-order valence-corrected chi connectivity index (χ2v) is 8.91. The van der Waals surface area contributed by atoms with Gasteiger partial charge in [0.25, 0.3) is 0 Å². The van der Waals surface area contributed by atoms with Crippen LogP contribution in [0.4, 0.5) is 0 Å². The number of aliphatic hydroxyl groups is 6. The van der Waals surface area contributed by atoms with E-state index in [1.54, 1.807) is 0 Å². The van der Waals surface area contributed by atoms with Crippen LogP contribution in [0.3, 0.4) is 0 Å². The molecule has 0 spiro atoms. The van der Waals surface area contributed by atoms with Crippen LogP contribution in [0, 0.1) is 49.4 Å². The first-order valence-electron chi connectivity index (χ1n) is 11.6. The minimum absolute atomic E-state index is 0.0936. The van der Waals surface area contributed by atoms with E-state index in [2.05, 4.69) is 13.8 Å². The second-order valence-electron chi connectivity index (χ2n) is 8.91. The predicted octanol–water partition coefficient (Wildman–Crippen LogP) is -2.25. The molecule has 9 N–H and O–H groups in total. The lowest BCUT2D eigenvalue weighted by Gasteiger charge is -2.38. The number of hydrogen-bond donors (Lipinski definition) is 9. The maximum absolute atomic E-state index is 12.3. The SMILES string of the molecule is [CH2]CC(OC)C(C(=O)O)C(CC(OC)C(C(=O)O)C(CC(OC)C(C(=O)O)C([CH2])C(O)O)C(O)O)C(O)O. The summed E-state index contributed by atoms with van der Waals surface area (Å²) in [5, 5.41) is 88.4. The number of aliphatic hydroxyl groups excluding tert-OH is 3. The van der Waals surface area contributed by atoms with E-state index in [1.807, 2.05) is 0 Å². The molecular weight excluding hydrogens is 516 g/mol. The Balaban J connectivity index is 6.50. The van der Waals surface area contributed by atoms with Gasteiger partial charge in [-0.15, -0.1) is 0 Å². The van der Waals surface area contributed by atoms with Crippen LogP contribution in [0.5, 0.6) is 0 Å². The highest BCUT2D eigenvalue weighted by Gasteiger charge is 2.47. The van der Waals surface area contributed by atoms with Gasteiger partial charge >= 0.3 is 17.9 Å². The van der Waals surface area contributed by atoms with Gasteiger partial charge in [0.05, 0.1) is 36.1 Å². The first-order chi connectivity index (χ1) is 17.6. The third-order valence-electron chi connectivity index (χ3n) is 6.79. The topological polar surface area (TPSA) is 261 Å². The molecule has 0 saturated heterocycles. The fourth-order valence-electron chi connectivity index (χ4n) is 4.71. The van der Waals surface area contributed by atoms with Crippen molar-refractivity contribution in [2.45, 2.75) is 56.4 Å². The van der Waals surface area contributed by atoms with Crippen molar-refractivity contribution in [1.29, 1.82) is 0 Å². The maximum Gasteiger partial charge on any atom is 0.309 e. The third-order valence-corrected chi connectivity index (χ3v) is 6.79. The molecule has 2 radical (unpaired) electrons. The van der Waals surface area contributed by atoms with Gasteiger partial charge in [-0.05, 0) is 26.2 Å². The van der Waals surface area contributed by atoms with Crippen LogP contribution >= 0.6 is 0 Å². The molecule has 15 nitrogen and oxygen atoms in total. The molecule has 0 aliphatic rings. The fraction of sp³-hybridized carbons (Fsp3) is 0.783. The molecule has 0 aromatic rings. The number of rotatable bonds is 20. The van der Waals surface area contributed by atoms with Crippen LogP contribution in [0.1, 0.15) is 19.3 Å². The van der Waals surface area contributed by atoms with Gasteiger partial charge < -0.3 is 60.2 Å². The molecule has 0 aromatic heterocycles. The minimum atomic E-state index is -2.40. The van der Waals surface area contributed by atoms with Gasteiger partial charge in [0.2, 0.25) is 0 Å². The summed E-state index contributed by atoms with van der Waals surface area (Å²) in [5.74, 6) is -14.8. The fourth-order valence-corrected chi connectivity index (χ4v) is 4.71. The molecule has 0 amide bonds. The lowest BCUT2D eigenvalue weighted by molar-refractivity contribution is -0.185. The van der Waals surface area contributed by atoms with Crippen LogP contribution in [0.25, 0.3) is 0 Å². The first kappa shape index (κ1) is 36.0. The highest BCUT2D eigenvalue weighted by molar-refractivity contribution is 5.73. The molecular formula is C23H40O15. The van der Waals surface area contributed by atoms with Crippen molar-refractivity contribution in [3.63, 3.8) is 0 Å². The lowest BCUT2D eigenvalue weighted by atomic mass is 9.74. The number of carbonyl (C=O) groups is 3. The van der Waals surface area contributed by atoms with Crippen molar-refractivity contribution >= 4 is 17.9 Å². The zero-order valence-corrected chi connectivity index (χ0v) is 21.4. The van der Waals surface area contributed by atoms with Gasteiger partial charge in [0.1, 0.15) is 0 Å². The predicted molar refractivity (Wildman–Crippen MR) is 125 cm³/mol. The van der Waals surface area contributed by atoms with Crippen molar-refractivity contribution in [3.8, 4) is 0 Å². The Hall–Kier alpha value is -1.95. The van der Waals surface area contributed by atoms with Crippen LogP contribution < -0.4 is 0 Å². The summed E-state index contributed by atoms with van der Waals surface area (Å²) in [6.07, 6.45) is -12.4. The van der Waals surface area contributed by atoms with Gasteiger partial charge in [-0.25, -0.2) is 0 Å². The molecule has 0 aliphatic heterocycles. The van der Waals surface area contributed by atoms with Crippen molar-refractivity contribution in [2.75, 3.05) is 21.3 Å². The van der Waals surface area contributed by atoms with Crippen molar-refractivity contribution in [3.05, 3.63) is 13.8 Å². The van der Waals surface area contributed by atoms with Crippen molar-refractivity contribution in [1.82, 2.24) is 0 Å². The Labute approximate surface area is 220 Å². The Kier molecular flexibility index (Phi) is 16.0. The largest absolute Gasteiger partial charge is 0.481 e. The summed E-state index contributed by atoms with van der Waals surface area (Å²) in [6, 6.07) is 0. The highest BCUT2D eigenvalue weighted by Crippen LogP contribution is 2.36. The molecule has 0 aromatic carbocycles. The van der Waals surface area contributed by atoms with E-state index < -0.39 is 103 Å². The second kappa shape index (κ2) is 16.9. The van der Waals surface area contributed by atoms with Gasteiger partial charge in [-0.2, -0.15) is 0 Å². The summed E-state index contributed by atoms with van der Waals surface area (Å²) in [6.45, 7) is 6.95. The molecule has 0 fully saturated rings. The molecule has 0 rings (SSSR count). The molecule has 0 bridgehead atoms. The van der Waals surface area contributed by atoms with E-state index in [1.165, 1.54) is 7.11 Å². The van der Waals surface area contributed by atoms with Gasteiger partial charge in [-0.3, -0.25) is 14.4 Å².